The summed E-state index contributed by atoms with van der Waals surface area (Å²) in [5.41, 5.74) is 2.29. The highest BCUT2D eigenvalue weighted by Gasteiger charge is 2.38. The number of alkyl carbamates (subject to hydrolysis) is 1. The molecule has 1 amide bonds. The quantitative estimate of drug-likeness (QED) is 0.301. The fourth-order valence-corrected chi connectivity index (χ4v) is 6.01. The number of halogens is 2. The van der Waals surface area contributed by atoms with Crippen LogP contribution in [0.1, 0.15) is 37.1 Å². The first kappa shape index (κ1) is 25.3. The van der Waals surface area contributed by atoms with Crippen LogP contribution in [0.5, 0.6) is 0 Å². The van der Waals surface area contributed by atoms with E-state index in [0.29, 0.717) is 19.6 Å². The molecule has 1 N–H and O–H groups in total. The molecule has 4 nitrogen and oxygen atoms in total. The van der Waals surface area contributed by atoms with Gasteiger partial charge in [0.05, 0.1) is 11.9 Å². The van der Waals surface area contributed by atoms with Crippen molar-refractivity contribution in [3.63, 3.8) is 0 Å². The molecule has 1 aliphatic carbocycles. The average Bonchev–Trinajstić information content (AvgIpc) is 3.02. The predicted molar refractivity (Wildman–Crippen MR) is 134 cm³/mol. The first-order valence-electron chi connectivity index (χ1n) is 10.8. The van der Waals surface area contributed by atoms with Gasteiger partial charge >= 0.3 is 6.09 Å². The third-order valence-corrected chi connectivity index (χ3v) is 12.5. The summed E-state index contributed by atoms with van der Waals surface area (Å²) in [6.45, 7) is 11.8. The Kier molecular flexibility index (Phi) is 8.12. The Balaban J connectivity index is 1.61. The molecule has 2 unspecified atom stereocenters. The number of amides is 1. The van der Waals surface area contributed by atoms with Crippen molar-refractivity contribution in [1.29, 1.82) is 0 Å². The van der Waals surface area contributed by atoms with Gasteiger partial charge in [-0.05, 0) is 65.7 Å². The second kappa shape index (κ2) is 10.3. The molecule has 0 aromatic heterocycles. The number of benzene rings is 2. The van der Waals surface area contributed by atoms with Gasteiger partial charge in [-0.25, -0.2) is 9.18 Å². The summed E-state index contributed by atoms with van der Waals surface area (Å²) in [5, 5.41) is 2.90. The number of thioether (sulfide) groups is 1. The molecule has 32 heavy (non-hydrogen) atoms. The maximum absolute atomic E-state index is 13.3. The summed E-state index contributed by atoms with van der Waals surface area (Å²) in [4.78, 5) is 13.5. The summed E-state index contributed by atoms with van der Waals surface area (Å²) in [7, 11) is -1.85. The summed E-state index contributed by atoms with van der Waals surface area (Å²) in [6, 6.07) is 12.5. The minimum Gasteiger partial charge on any atom is -0.444 e. The number of fused-ring (bicyclic) bond motifs is 1. The van der Waals surface area contributed by atoms with Crippen LogP contribution >= 0.6 is 27.7 Å². The minimum atomic E-state index is -1.85. The Bertz CT molecular complexity index is 949. The lowest BCUT2D eigenvalue weighted by Gasteiger charge is -2.36. The van der Waals surface area contributed by atoms with Gasteiger partial charge in [0.15, 0.2) is 8.32 Å². The van der Waals surface area contributed by atoms with Gasteiger partial charge in [0.25, 0.3) is 0 Å². The predicted octanol–water partition coefficient (Wildman–Crippen LogP) is 7.09. The number of carbonyl (C=O) groups is 1. The zero-order valence-electron chi connectivity index (χ0n) is 19.2. The van der Waals surface area contributed by atoms with Gasteiger partial charge in [-0.1, -0.05) is 42.8 Å². The van der Waals surface area contributed by atoms with Crippen LogP contribution in [-0.4, -0.2) is 33.7 Å². The van der Waals surface area contributed by atoms with Gasteiger partial charge in [-0.15, -0.1) is 11.8 Å². The normalized spacial score (nSPS) is 18.3. The lowest BCUT2D eigenvalue weighted by molar-refractivity contribution is 0.0998. The zero-order valence-corrected chi connectivity index (χ0v) is 22.6. The van der Waals surface area contributed by atoms with Gasteiger partial charge in [-0.3, -0.25) is 0 Å². The topological polar surface area (TPSA) is 47.6 Å². The van der Waals surface area contributed by atoms with Crippen LogP contribution < -0.4 is 5.32 Å². The molecule has 174 valence electrons. The molecule has 0 saturated carbocycles. The Morgan fingerprint density at radius 3 is 2.56 bits per heavy atom. The molecule has 1 aliphatic rings. The monoisotopic (exact) mass is 539 g/mol. The second-order valence-corrected chi connectivity index (χ2v) is 16.5. The fraction of sp³-hybridized carbons (Fsp3) is 0.458. The van der Waals surface area contributed by atoms with Crippen molar-refractivity contribution < 1.29 is 18.3 Å². The fourth-order valence-electron chi connectivity index (χ4n) is 3.31. The number of ether oxygens (including phenoxy) is 1. The third kappa shape index (κ3) is 6.37. The lowest BCUT2D eigenvalue weighted by atomic mass is 10.1. The van der Waals surface area contributed by atoms with Crippen LogP contribution in [-0.2, 0) is 15.6 Å². The van der Waals surface area contributed by atoms with Gasteiger partial charge in [-0.2, -0.15) is 0 Å². The van der Waals surface area contributed by atoms with Crippen molar-refractivity contribution in [1.82, 2.24) is 5.32 Å². The Labute approximate surface area is 203 Å². The highest BCUT2D eigenvalue weighted by atomic mass is 79.9. The first-order chi connectivity index (χ1) is 15.0. The van der Waals surface area contributed by atoms with Crippen molar-refractivity contribution in [2.45, 2.75) is 61.6 Å². The summed E-state index contributed by atoms with van der Waals surface area (Å²) in [5.74, 6) is -0.266. The first-order valence-corrected chi connectivity index (χ1v) is 15.3. The molecule has 0 fully saturated rings. The maximum atomic E-state index is 13.3. The van der Waals surface area contributed by atoms with Gasteiger partial charge in [0.1, 0.15) is 11.9 Å². The molecule has 8 heteroatoms. The summed E-state index contributed by atoms with van der Waals surface area (Å²) < 4.78 is 26.3. The Morgan fingerprint density at radius 2 is 1.91 bits per heavy atom. The van der Waals surface area contributed by atoms with E-state index >= 15 is 0 Å². The molecule has 2 aromatic carbocycles. The van der Waals surface area contributed by atoms with Crippen LogP contribution in [0.4, 0.5) is 9.18 Å². The van der Waals surface area contributed by atoms with Gasteiger partial charge in [0.2, 0.25) is 0 Å². The molecule has 0 heterocycles. The van der Waals surface area contributed by atoms with Crippen LogP contribution in [0.25, 0.3) is 0 Å². The summed E-state index contributed by atoms with van der Waals surface area (Å²) >= 11 is 5.11. The minimum absolute atomic E-state index is 0.0576. The standard InChI is InChI=1S/C24H31BrFNO3SSi/c1-24(2,3)32(4,5)29-13-12-27-23(28)30-21-15-16-14-17(25)6-11-20(16)22(21)31-19-9-7-18(26)8-10-19/h6-11,14,21-22H,12-13,15H2,1-5H3,(H,27,28). The molecule has 2 atom stereocenters. The second-order valence-electron chi connectivity index (χ2n) is 9.52. The SMILES string of the molecule is CC(C)(C)[Si](C)(C)OCCNC(=O)OC1Cc2cc(Br)ccc2C1Sc1ccc(F)cc1. The van der Waals surface area contributed by atoms with Crippen molar-refractivity contribution in [2.24, 2.45) is 0 Å². The van der Waals surface area contributed by atoms with Crippen molar-refractivity contribution >= 4 is 42.1 Å². The van der Waals surface area contributed by atoms with Crippen LogP contribution in [0.15, 0.2) is 51.8 Å². The van der Waals surface area contributed by atoms with E-state index in [1.807, 2.05) is 6.07 Å². The van der Waals surface area contributed by atoms with Crippen LogP contribution in [0.2, 0.25) is 18.1 Å². The maximum Gasteiger partial charge on any atom is 0.407 e. The third-order valence-electron chi connectivity index (χ3n) is 6.15. The van der Waals surface area contributed by atoms with Gasteiger partial charge in [0, 0.05) is 22.3 Å². The summed E-state index contributed by atoms with van der Waals surface area (Å²) in [6.07, 6.45) is -0.109. The molecular formula is C24H31BrFNO3SSi. The lowest BCUT2D eigenvalue weighted by Crippen LogP contribution is -2.43. The molecule has 2 aromatic rings. The molecular weight excluding hydrogens is 509 g/mol. The largest absolute Gasteiger partial charge is 0.444 e. The van der Waals surface area contributed by atoms with E-state index in [4.69, 9.17) is 9.16 Å². The number of hydrogen-bond donors (Lipinski definition) is 1. The van der Waals surface area contributed by atoms with Crippen molar-refractivity contribution in [3.8, 4) is 0 Å². The molecule has 0 bridgehead atoms. The van der Waals surface area contributed by atoms with E-state index in [-0.39, 0.29) is 22.2 Å². The highest BCUT2D eigenvalue weighted by molar-refractivity contribution is 9.10. The number of rotatable bonds is 7. The van der Waals surface area contributed by atoms with E-state index < -0.39 is 14.4 Å². The Hall–Kier alpha value is -1.35. The van der Waals surface area contributed by atoms with Crippen molar-refractivity contribution in [3.05, 3.63) is 63.9 Å². The highest BCUT2D eigenvalue weighted by Crippen LogP contribution is 2.46. The molecule has 3 rings (SSSR count). The number of carbonyl (C=O) groups excluding carboxylic acids is 1. The van der Waals surface area contributed by atoms with Crippen molar-refractivity contribution in [2.75, 3.05) is 13.2 Å². The zero-order chi connectivity index (χ0) is 23.5. The Morgan fingerprint density at radius 1 is 1.22 bits per heavy atom. The average molecular weight is 541 g/mol. The molecule has 0 aliphatic heterocycles. The van der Waals surface area contributed by atoms with E-state index in [1.54, 1.807) is 23.9 Å². The van der Waals surface area contributed by atoms with Crippen LogP contribution in [0.3, 0.4) is 0 Å². The van der Waals surface area contributed by atoms with E-state index in [1.165, 1.54) is 12.1 Å². The molecule has 0 radical (unpaired) electrons. The van der Waals surface area contributed by atoms with E-state index in [9.17, 15) is 9.18 Å². The van der Waals surface area contributed by atoms with E-state index in [0.717, 1.165) is 20.5 Å². The molecule has 0 spiro atoms. The molecule has 0 saturated heterocycles. The van der Waals surface area contributed by atoms with Gasteiger partial charge < -0.3 is 14.5 Å². The van der Waals surface area contributed by atoms with E-state index in [2.05, 4.69) is 67.2 Å². The number of hydrogen-bond acceptors (Lipinski definition) is 4. The number of nitrogens with one attached hydrogen (secondary N) is 1. The van der Waals surface area contributed by atoms with Crippen LogP contribution in [0, 0.1) is 5.82 Å². The smallest absolute Gasteiger partial charge is 0.407 e.